The molecule has 2 aliphatic heterocycles. The Morgan fingerprint density at radius 2 is 2.12 bits per heavy atom. The zero-order valence-electron chi connectivity index (χ0n) is 13.4. The molecule has 1 fully saturated rings. The fraction of sp³-hybridized carbons (Fsp3) is 0.583. The lowest BCUT2D eigenvalue weighted by molar-refractivity contribution is -0.114. The molecule has 1 saturated heterocycles. The smallest absolute Gasteiger partial charge is 0.366 e. The van der Waals surface area contributed by atoms with Crippen LogP contribution >= 0.6 is 15.6 Å². The van der Waals surface area contributed by atoms with E-state index < -0.39 is 27.7 Å². The van der Waals surface area contributed by atoms with Gasteiger partial charge in [-0.2, -0.15) is 4.31 Å². The fourth-order valence-corrected chi connectivity index (χ4v) is 4.17. The van der Waals surface area contributed by atoms with Crippen LogP contribution in [-0.2, 0) is 32.0 Å². The summed E-state index contributed by atoms with van der Waals surface area (Å²) in [5, 5.41) is 0. The van der Waals surface area contributed by atoms with Crippen molar-refractivity contribution in [3.8, 4) is 0 Å². The second kappa shape index (κ2) is 8.11. The topological polar surface area (TPSA) is 158 Å². The van der Waals surface area contributed by atoms with E-state index in [1.165, 1.54) is 0 Å². The van der Waals surface area contributed by atoms with E-state index in [2.05, 4.69) is 13.4 Å². The van der Waals surface area contributed by atoms with Crippen molar-refractivity contribution in [3.63, 3.8) is 0 Å². The Labute approximate surface area is 144 Å². The van der Waals surface area contributed by atoms with Crippen LogP contribution in [0.4, 0.5) is 0 Å². The van der Waals surface area contributed by atoms with Crippen molar-refractivity contribution in [1.29, 1.82) is 0 Å². The van der Waals surface area contributed by atoms with Gasteiger partial charge in [-0.3, -0.25) is 13.8 Å². The standard InChI is InChI=1S/C12H20N2O9P2/c1-20-24(16,17)23-25(18,19)21-8-10-4-5-11(22-10)14-6-2-3-9(7-14)12(13)15/h2,6-7,10-11H,3-5,8H2,1H3,(H2,13,15)(H,16,17)(H,18,19). The molecule has 0 aliphatic carbocycles. The van der Waals surface area contributed by atoms with Crippen molar-refractivity contribution in [1.82, 2.24) is 4.90 Å². The fourth-order valence-electron chi connectivity index (χ4n) is 2.31. The van der Waals surface area contributed by atoms with Crippen LogP contribution in [0.5, 0.6) is 0 Å². The second-order valence-corrected chi connectivity index (χ2v) is 8.49. The number of ether oxygens (including phenoxy) is 1. The van der Waals surface area contributed by atoms with Crippen molar-refractivity contribution in [3.05, 3.63) is 24.0 Å². The highest BCUT2D eigenvalue weighted by Crippen LogP contribution is 2.60. The van der Waals surface area contributed by atoms with E-state index in [4.69, 9.17) is 15.4 Å². The van der Waals surface area contributed by atoms with Crippen LogP contribution in [0.2, 0.25) is 0 Å². The molecule has 4 atom stereocenters. The molecule has 142 valence electrons. The van der Waals surface area contributed by atoms with Crippen molar-refractivity contribution >= 4 is 21.6 Å². The SMILES string of the molecule is COP(=O)(O)OP(=O)(O)OCC1CCC(N2C=CCC(C(N)=O)=C2)O1. The molecule has 2 heterocycles. The number of phosphoric ester groups is 2. The molecule has 0 radical (unpaired) electrons. The highest BCUT2D eigenvalue weighted by Gasteiger charge is 2.37. The molecular weight excluding hydrogens is 378 g/mol. The van der Waals surface area contributed by atoms with Gasteiger partial charge in [-0.05, 0) is 19.3 Å². The van der Waals surface area contributed by atoms with Gasteiger partial charge < -0.3 is 25.2 Å². The van der Waals surface area contributed by atoms with Crippen LogP contribution < -0.4 is 5.73 Å². The second-order valence-electron chi connectivity index (χ2n) is 5.34. The first kappa shape index (κ1) is 20.3. The molecule has 25 heavy (non-hydrogen) atoms. The van der Waals surface area contributed by atoms with E-state index in [-0.39, 0.29) is 12.8 Å². The van der Waals surface area contributed by atoms with Gasteiger partial charge in [0.15, 0.2) is 0 Å². The van der Waals surface area contributed by atoms with Crippen molar-refractivity contribution < 1.29 is 41.8 Å². The van der Waals surface area contributed by atoms with Crippen LogP contribution in [0.25, 0.3) is 0 Å². The number of carbonyl (C=O) groups excluding carboxylic acids is 1. The average molecular weight is 398 g/mol. The molecule has 0 spiro atoms. The van der Waals surface area contributed by atoms with Gasteiger partial charge in [0.1, 0.15) is 6.23 Å². The quantitative estimate of drug-likeness (QED) is 0.503. The van der Waals surface area contributed by atoms with Gasteiger partial charge in [-0.25, -0.2) is 9.13 Å². The van der Waals surface area contributed by atoms with Crippen molar-refractivity contribution in [2.45, 2.75) is 31.6 Å². The summed E-state index contributed by atoms with van der Waals surface area (Å²) in [6, 6.07) is 0. The zero-order chi connectivity index (χ0) is 18.7. The van der Waals surface area contributed by atoms with Crippen LogP contribution in [0.3, 0.4) is 0 Å². The summed E-state index contributed by atoms with van der Waals surface area (Å²) in [7, 11) is -8.58. The molecule has 0 bridgehead atoms. The molecule has 13 heteroatoms. The Bertz CT molecular complexity index is 665. The molecule has 4 N–H and O–H groups in total. The highest BCUT2D eigenvalue weighted by atomic mass is 31.3. The molecule has 0 saturated carbocycles. The number of nitrogens with two attached hydrogens (primary N) is 1. The van der Waals surface area contributed by atoms with Crippen LogP contribution in [0.15, 0.2) is 24.0 Å². The first-order valence-electron chi connectivity index (χ1n) is 7.29. The maximum atomic E-state index is 11.6. The summed E-state index contributed by atoms with van der Waals surface area (Å²) in [6.07, 6.45) is 5.72. The summed E-state index contributed by atoms with van der Waals surface area (Å²) in [5.74, 6) is -0.517. The molecule has 4 unspecified atom stereocenters. The predicted octanol–water partition coefficient (Wildman–Crippen LogP) is 0.960. The van der Waals surface area contributed by atoms with E-state index in [1.54, 1.807) is 23.4 Å². The lowest BCUT2D eigenvalue weighted by Crippen LogP contribution is -2.30. The van der Waals surface area contributed by atoms with Gasteiger partial charge in [-0.1, -0.05) is 6.08 Å². The number of amides is 1. The van der Waals surface area contributed by atoms with Gasteiger partial charge >= 0.3 is 15.6 Å². The largest absolute Gasteiger partial charge is 0.481 e. The highest BCUT2D eigenvalue weighted by molar-refractivity contribution is 7.61. The Morgan fingerprint density at radius 1 is 1.40 bits per heavy atom. The van der Waals surface area contributed by atoms with Gasteiger partial charge in [-0.15, -0.1) is 0 Å². The normalized spacial score (nSPS) is 28.3. The lowest BCUT2D eigenvalue weighted by Gasteiger charge is -2.27. The molecule has 1 amide bonds. The Balaban J connectivity index is 1.86. The van der Waals surface area contributed by atoms with Gasteiger partial charge in [0.25, 0.3) is 0 Å². The minimum absolute atomic E-state index is 0.321. The third-order valence-electron chi connectivity index (χ3n) is 3.52. The monoisotopic (exact) mass is 398 g/mol. The van der Waals surface area contributed by atoms with Crippen LogP contribution in [0, 0.1) is 0 Å². The van der Waals surface area contributed by atoms with Gasteiger partial charge in [0.2, 0.25) is 5.91 Å². The number of rotatable bonds is 8. The van der Waals surface area contributed by atoms with Crippen molar-refractivity contribution in [2.75, 3.05) is 13.7 Å². The Hall–Kier alpha value is -1.03. The maximum Gasteiger partial charge on any atom is 0.481 e. The first-order valence-corrected chi connectivity index (χ1v) is 10.3. The summed E-state index contributed by atoms with van der Waals surface area (Å²) >= 11 is 0. The lowest BCUT2D eigenvalue weighted by atomic mass is 10.1. The molecule has 2 rings (SSSR count). The van der Waals surface area contributed by atoms with Crippen LogP contribution in [0.1, 0.15) is 19.3 Å². The third kappa shape index (κ3) is 6.02. The molecule has 0 aromatic rings. The van der Waals surface area contributed by atoms with E-state index in [1.807, 2.05) is 0 Å². The Morgan fingerprint density at radius 3 is 2.76 bits per heavy atom. The zero-order valence-corrected chi connectivity index (χ0v) is 15.2. The van der Waals surface area contributed by atoms with E-state index >= 15 is 0 Å². The van der Waals surface area contributed by atoms with E-state index in [9.17, 15) is 18.8 Å². The van der Waals surface area contributed by atoms with E-state index in [0.29, 0.717) is 24.8 Å². The van der Waals surface area contributed by atoms with E-state index in [0.717, 1.165) is 7.11 Å². The summed E-state index contributed by atoms with van der Waals surface area (Å²) in [4.78, 5) is 31.4. The predicted molar refractivity (Wildman–Crippen MR) is 84.5 cm³/mol. The number of carbonyl (C=O) groups is 1. The van der Waals surface area contributed by atoms with Gasteiger partial charge in [0.05, 0.1) is 12.7 Å². The number of nitrogens with zero attached hydrogens (tertiary/aromatic N) is 1. The molecule has 11 nitrogen and oxygen atoms in total. The first-order chi connectivity index (χ1) is 11.6. The number of hydrogen-bond donors (Lipinski definition) is 3. The van der Waals surface area contributed by atoms with Crippen molar-refractivity contribution in [2.24, 2.45) is 5.73 Å². The number of allylic oxidation sites excluding steroid dienone is 1. The third-order valence-corrected chi connectivity index (χ3v) is 6.10. The minimum atomic E-state index is -4.78. The maximum absolute atomic E-state index is 11.6. The molecule has 0 aromatic carbocycles. The number of primary amides is 1. The Kier molecular flexibility index (Phi) is 6.58. The molecular formula is C12H20N2O9P2. The summed E-state index contributed by atoms with van der Waals surface area (Å²) in [5.41, 5.74) is 5.70. The van der Waals surface area contributed by atoms with Crippen LogP contribution in [-0.4, -0.2) is 46.6 Å². The molecule has 0 aromatic heterocycles. The minimum Gasteiger partial charge on any atom is -0.366 e. The number of phosphoric acid groups is 2. The number of hydrogen-bond acceptors (Lipinski definition) is 8. The average Bonchev–Trinajstić information content (AvgIpc) is 3.01. The van der Waals surface area contributed by atoms with Gasteiger partial charge in [0, 0.05) is 25.1 Å². The summed E-state index contributed by atoms with van der Waals surface area (Å²) in [6.45, 7) is -0.321. The summed E-state index contributed by atoms with van der Waals surface area (Å²) < 4.78 is 41.2. The molecule has 2 aliphatic rings.